The van der Waals surface area contributed by atoms with Gasteiger partial charge in [0.05, 0.1) is 0 Å². The molecule has 1 atom stereocenters. The second-order valence-electron chi connectivity index (χ2n) is 4.70. The SMILES string of the molecule is CCCCCC(CNCCC)C(C)C. The van der Waals surface area contributed by atoms with Crippen molar-refractivity contribution >= 4 is 0 Å². The molecule has 0 saturated carbocycles. The van der Waals surface area contributed by atoms with Gasteiger partial charge in [-0.2, -0.15) is 0 Å². The molecule has 0 rings (SSSR count). The lowest BCUT2D eigenvalue weighted by Gasteiger charge is -2.21. The van der Waals surface area contributed by atoms with E-state index in [9.17, 15) is 0 Å². The maximum absolute atomic E-state index is 3.54. The number of unbranched alkanes of at least 4 members (excludes halogenated alkanes) is 2. The Labute approximate surface area is 90.7 Å². The molecule has 0 fully saturated rings. The molecule has 0 amide bonds. The summed E-state index contributed by atoms with van der Waals surface area (Å²) in [5, 5.41) is 3.54. The molecule has 0 spiro atoms. The number of hydrogen-bond acceptors (Lipinski definition) is 1. The van der Waals surface area contributed by atoms with Crippen LogP contribution >= 0.6 is 0 Å². The van der Waals surface area contributed by atoms with Gasteiger partial charge < -0.3 is 5.32 Å². The number of rotatable bonds is 9. The first-order valence-corrected chi connectivity index (χ1v) is 6.43. The standard InChI is InChI=1S/C13H29N/c1-5-7-8-9-13(12(3)4)11-14-10-6-2/h12-14H,5-11H2,1-4H3. The van der Waals surface area contributed by atoms with Crippen LogP contribution in [0.1, 0.15) is 59.8 Å². The Balaban J connectivity index is 3.55. The molecule has 0 saturated heterocycles. The third-order valence-corrected chi connectivity index (χ3v) is 2.95. The van der Waals surface area contributed by atoms with Crippen molar-refractivity contribution < 1.29 is 0 Å². The fourth-order valence-corrected chi connectivity index (χ4v) is 1.79. The lowest BCUT2D eigenvalue weighted by Crippen LogP contribution is -2.26. The van der Waals surface area contributed by atoms with Crippen molar-refractivity contribution in [2.24, 2.45) is 11.8 Å². The first-order valence-electron chi connectivity index (χ1n) is 6.43. The van der Waals surface area contributed by atoms with Gasteiger partial charge in [0.1, 0.15) is 0 Å². The molecule has 1 heteroatoms. The summed E-state index contributed by atoms with van der Waals surface area (Å²) in [6.07, 6.45) is 6.80. The molecule has 0 aromatic rings. The van der Waals surface area contributed by atoms with Crippen LogP contribution in [0.4, 0.5) is 0 Å². The molecule has 86 valence electrons. The van der Waals surface area contributed by atoms with Crippen LogP contribution in [0.25, 0.3) is 0 Å². The van der Waals surface area contributed by atoms with Crippen molar-refractivity contribution in [1.82, 2.24) is 5.32 Å². The van der Waals surface area contributed by atoms with Gasteiger partial charge in [-0.3, -0.25) is 0 Å². The molecule has 1 nitrogen and oxygen atoms in total. The van der Waals surface area contributed by atoms with E-state index >= 15 is 0 Å². The van der Waals surface area contributed by atoms with E-state index in [1.807, 2.05) is 0 Å². The molecule has 0 aromatic heterocycles. The molecule has 0 aliphatic carbocycles. The normalized spacial score (nSPS) is 13.5. The van der Waals surface area contributed by atoms with Crippen LogP contribution < -0.4 is 5.32 Å². The van der Waals surface area contributed by atoms with E-state index < -0.39 is 0 Å². The van der Waals surface area contributed by atoms with Gasteiger partial charge in [-0.25, -0.2) is 0 Å². The topological polar surface area (TPSA) is 12.0 Å². The summed E-state index contributed by atoms with van der Waals surface area (Å²) in [7, 11) is 0. The van der Waals surface area contributed by atoms with Gasteiger partial charge in [0.15, 0.2) is 0 Å². The quantitative estimate of drug-likeness (QED) is 0.556. The molecule has 14 heavy (non-hydrogen) atoms. The zero-order valence-corrected chi connectivity index (χ0v) is 10.6. The Morgan fingerprint density at radius 1 is 1.00 bits per heavy atom. The van der Waals surface area contributed by atoms with Gasteiger partial charge in [0, 0.05) is 0 Å². The Morgan fingerprint density at radius 3 is 2.21 bits per heavy atom. The number of nitrogens with one attached hydrogen (secondary N) is 1. The second-order valence-corrected chi connectivity index (χ2v) is 4.70. The van der Waals surface area contributed by atoms with E-state index in [-0.39, 0.29) is 0 Å². The van der Waals surface area contributed by atoms with Crippen LogP contribution in [0, 0.1) is 11.8 Å². The van der Waals surface area contributed by atoms with Gasteiger partial charge in [0.25, 0.3) is 0 Å². The summed E-state index contributed by atoms with van der Waals surface area (Å²) in [5.74, 6) is 1.71. The Kier molecular flexibility index (Phi) is 9.49. The van der Waals surface area contributed by atoms with Crippen molar-refractivity contribution in [3.8, 4) is 0 Å². The minimum absolute atomic E-state index is 0.830. The highest BCUT2D eigenvalue weighted by Gasteiger charge is 2.11. The molecule has 0 aliphatic heterocycles. The third kappa shape index (κ3) is 7.37. The van der Waals surface area contributed by atoms with Gasteiger partial charge in [-0.05, 0) is 37.8 Å². The monoisotopic (exact) mass is 199 g/mol. The zero-order valence-electron chi connectivity index (χ0n) is 10.6. The van der Waals surface area contributed by atoms with E-state index in [2.05, 4.69) is 33.0 Å². The highest BCUT2D eigenvalue weighted by atomic mass is 14.9. The van der Waals surface area contributed by atoms with Crippen LogP contribution in [-0.2, 0) is 0 Å². The summed E-state index contributed by atoms with van der Waals surface area (Å²) in [6.45, 7) is 11.6. The highest BCUT2D eigenvalue weighted by molar-refractivity contribution is 4.66. The van der Waals surface area contributed by atoms with Crippen molar-refractivity contribution in [1.29, 1.82) is 0 Å². The maximum atomic E-state index is 3.54. The predicted octanol–water partition coefficient (Wildman–Crippen LogP) is 3.84. The molecule has 1 N–H and O–H groups in total. The van der Waals surface area contributed by atoms with Crippen molar-refractivity contribution in [2.45, 2.75) is 59.8 Å². The minimum atomic E-state index is 0.830. The second kappa shape index (κ2) is 9.51. The fourth-order valence-electron chi connectivity index (χ4n) is 1.79. The smallest absolute Gasteiger partial charge is 0.00181 e. The zero-order chi connectivity index (χ0) is 10.8. The highest BCUT2D eigenvalue weighted by Crippen LogP contribution is 2.17. The fraction of sp³-hybridized carbons (Fsp3) is 1.00. The van der Waals surface area contributed by atoms with Crippen LogP contribution in [0.5, 0.6) is 0 Å². The Morgan fingerprint density at radius 2 is 1.71 bits per heavy atom. The minimum Gasteiger partial charge on any atom is -0.316 e. The summed E-state index contributed by atoms with van der Waals surface area (Å²) >= 11 is 0. The molecule has 0 aliphatic rings. The van der Waals surface area contributed by atoms with Crippen LogP contribution in [0.2, 0.25) is 0 Å². The van der Waals surface area contributed by atoms with Gasteiger partial charge in [-0.15, -0.1) is 0 Å². The summed E-state index contributed by atoms with van der Waals surface area (Å²) in [4.78, 5) is 0. The molecule has 0 aromatic carbocycles. The van der Waals surface area contributed by atoms with Gasteiger partial charge in [0.2, 0.25) is 0 Å². The molecule has 0 radical (unpaired) electrons. The van der Waals surface area contributed by atoms with Gasteiger partial charge in [-0.1, -0.05) is 47.0 Å². The number of hydrogen-bond donors (Lipinski definition) is 1. The largest absolute Gasteiger partial charge is 0.316 e. The first kappa shape index (κ1) is 14.0. The lowest BCUT2D eigenvalue weighted by molar-refractivity contribution is 0.330. The van der Waals surface area contributed by atoms with Gasteiger partial charge >= 0.3 is 0 Å². The average Bonchev–Trinajstić information content (AvgIpc) is 2.15. The predicted molar refractivity (Wildman–Crippen MR) is 65.6 cm³/mol. The third-order valence-electron chi connectivity index (χ3n) is 2.95. The molecular formula is C13H29N. The molecule has 0 bridgehead atoms. The first-order chi connectivity index (χ1) is 6.72. The van der Waals surface area contributed by atoms with Crippen LogP contribution in [0.15, 0.2) is 0 Å². The Hall–Kier alpha value is -0.0400. The van der Waals surface area contributed by atoms with Crippen LogP contribution in [0.3, 0.4) is 0 Å². The molecule has 0 heterocycles. The molecule has 1 unspecified atom stereocenters. The Bertz CT molecular complexity index is 99.8. The maximum Gasteiger partial charge on any atom is -0.00181 e. The summed E-state index contributed by atoms with van der Waals surface area (Å²) in [5.41, 5.74) is 0. The van der Waals surface area contributed by atoms with Crippen molar-refractivity contribution in [3.05, 3.63) is 0 Å². The summed E-state index contributed by atoms with van der Waals surface area (Å²) < 4.78 is 0. The lowest BCUT2D eigenvalue weighted by atomic mass is 9.90. The average molecular weight is 199 g/mol. The van der Waals surface area contributed by atoms with Crippen molar-refractivity contribution in [3.63, 3.8) is 0 Å². The van der Waals surface area contributed by atoms with E-state index in [1.165, 1.54) is 45.2 Å². The van der Waals surface area contributed by atoms with Crippen LogP contribution in [-0.4, -0.2) is 13.1 Å². The van der Waals surface area contributed by atoms with Crippen molar-refractivity contribution in [2.75, 3.05) is 13.1 Å². The molecular weight excluding hydrogens is 170 g/mol. The van der Waals surface area contributed by atoms with E-state index in [4.69, 9.17) is 0 Å². The summed E-state index contributed by atoms with van der Waals surface area (Å²) in [6, 6.07) is 0. The van der Waals surface area contributed by atoms with E-state index in [1.54, 1.807) is 0 Å². The van der Waals surface area contributed by atoms with E-state index in [0.29, 0.717) is 0 Å². The van der Waals surface area contributed by atoms with E-state index in [0.717, 1.165) is 11.8 Å².